The minimum atomic E-state index is 0.124. The number of hydrogen-bond acceptors (Lipinski definition) is 2. The van der Waals surface area contributed by atoms with E-state index in [9.17, 15) is 0 Å². The quantitative estimate of drug-likeness (QED) is 0.729. The average molecular weight is 175 g/mol. The Balaban J connectivity index is 2.17. The van der Waals surface area contributed by atoms with Crippen LogP contribution in [0.1, 0.15) is 23.5 Å². The largest absolute Gasteiger partial charge is 0.392 e. The van der Waals surface area contributed by atoms with Gasteiger partial charge in [0.05, 0.1) is 6.61 Å². The van der Waals surface area contributed by atoms with Crippen LogP contribution in [0.3, 0.4) is 0 Å². The minimum Gasteiger partial charge on any atom is -0.392 e. The molecular weight excluding hydrogens is 162 g/mol. The first kappa shape index (κ1) is 8.45. The molecule has 1 unspecified atom stereocenters. The summed E-state index contributed by atoms with van der Waals surface area (Å²) in [6, 6.07) is 8.10. The predicted octanol–water partition coefficient (Wildman–Crippen LogP) is 1.74. The van der Waals surface area contributed by atoms with Crippen molar-refractivity contribution >= 4 is 6.21 Å². The highest BCUT2D eigenvalue weighted by molar-refractivity contribution is 5.69. The van der Waals surface area contributed by atoms with Crippen LogP contribution in [-0.4, -0.2) is 17.9 Å². The van der Waals surface area contributed by atoms with Crippen LogP contribution >= 0.6 is 0 Å². The van der Waals surface area contributed by atoms with E-state index in [0.717, 1.165) is 18.5 Å². The SMILES string of the molecule is OCc1ccc(C2C=NCC2)cc1. The van der Waals surface area contributed by atoms with E-state index in [1.54, 1.807) is 0 Å². The standard InChI is InChI=1S/C11H13NO/c13-8-9-1-3-10(4-2-9)11-5-6-12-7-11/h1-4,7,11,13H,5-6,8H2. The molecule has 0 spiro atoms. The molecule has 1 atom stereocenters. The van der Waals surface area contributed by atoms with Crippen LogP contribution in [0.4, 0.5) is 0 Å². The molecule has 1 heterocycles. The molecular formula is C11H13NO. The Morgan fingerprint density at radius 2 is 2.08 bits per heavy atom. The zero-order chi connectivity index (χ0) is 9.10. The molecule has 1 aliphatic rings. The van der Waals surface area contributed by atoms with E-state index in [1.165, 1.54) is 5.56 Å². The van der Waals surface area contributed by atoms with Gasteiger partial charge in [-0.05, 0) is 17.5 Å². The van der Waals surface area contributed by atoms with Crippen LogP contribution in [0.25, 0.3) is 0 Å². The number of rotatable bonds is 2. The summed E-state index contributed by atoms with van der Waals surface area (Å²) < 4.78 is 0. The van der Waals surface area contributed by atoms with Crippen molar-refractivity contribution in [3.05, 3.63) is 35.4 Å². The molecule has 0 aromatic heterocycles. The van der Waals surface area contributed by atoms with E-state index >= 15 is 0 Å². The first-order valence-corrected chi connectivity index (χ1v) is 4.60. The zero-order valence-electron chi connectivity index (χ0n) is 7.48. The van der Waals surface area contributed by atoms with Gasteiger partial charge in [0, 0.05) is 18.7 Å². The molecule has 0 saturated heterocycles. The van der Waals surface area contributed by atoms with Crippen LogP contribution in [-0.2, 0) is 6.61 Å². The molecule has 0 aliphatic carbocycles. The van der Waals surface area contributed by atoms with Gasteiger partial charge in [-0.25, -0.2) is 0 Å². The third-order valence-corrected chi connectivity index (χ3v) is 2.45. The van der Waals surface area contributed by atoms with Crippen molar-refractivity contribution in [1.82, 2.24) is 0 Å². The molecule has 2 rings (SSSR count). The van der Waals surface area contributed by atoms with Gasteiger partial charge in [-0.2, -0.15) is 0 Å². The highest BCUT2D eigenvalue weighted by Gasteiger charge is 2.11. The minimum absolute atomic E-state index is 0.124. The maximum absolute atomic E-state index is 8.87. The fourth-order valence-electron chi connectivity index (χ4n) is 1.61. The van der Waals surface area contributed by atoms with Gasteiger partial charge in [0.15, 0.2) is 0 Å². The number of aliphatic hydroxyl groups excluding tert-OH is 1. The molecule has 1 aromatic carbocycles. The van der Waals surface area contributed by atoms with E-state index < -0.39 is 0 Å². The van der Waals surface area contributed by atoms with Gasteiger partial charge in [-0.1, -0.05) is 24.3 Å². The smallest absolute Gasteiger partial charge is 0.0681 e. The molecule has 0 radical (unpaired) electrons. The number of benzene rings is 1. The summed E-state index contributed by atoms with van der Waals surface area (Å²) in [5.41, 5.74) is 2.28. The Kier molecular flexibility index (Phi) is 2.41. The van der Waals surface area contributed by atoms with Gasteiger partial charge in [0.1, 0.15) is 0 Å². The molecule has 0 bridgehead atoms. The van der Waals surface area contributed by atoms with Gasteiger partial charge < -0.3 is 5.11 Å². The molecule has 1 N–H and O–H groups in total. The van der Waals surface area contributed by atoms with E-state index in [-0.39, 0.29) is 6.61 Å². The van der Waals surface area contributed by atoms with Crippen molar-refractivity contribution in [3.8, 4) is 0 Å². The summed E-state index contributed by atoms with van der Waals surface area (Å²) in [6.45, 7) is 1.07. The first-order valence-electron chi connectivity index (χ1n) is 4.60. The molecule has 68 valence electrons. The normalized spacial score (nSPS) is 20.8. The Labute approximate surface area is 77.9 Å². The lowest BCUT2D eigenvalue weighted by Gasteiger charge is -2.06. The molecule has 0 saturated carbocycles. The predicted molar refractivity (Wildman–Crippen MR) is 53.1 cm³/mol. The number of hydrogen-bond donors (Lipinski definition) is 1. The summed E-state index contributed by atoms with van der Waals surface area (Å²) in [4.78, 5) is 4.21. The van der Waals surface area contributed by atoms with E-state index in [4.69, 9.17) is 5.11 Å². The molecule has 2 nitrogen and oxygen atoms in total. The second-order valence-electron chi connectivity index (χ2n) is 3.35. The van der Waals surface area contributed by atoms with Gasteiger partial charge in [-0.3, -0.25) is 4.99 Å². The summed E-state index contributed by atoms with van der Waals surface area (Å²) in [5, 5.41) is 8.87. The fourth-order valence-corrected chi connectivity index (χ4v) is 1.61. The second-order valence-corrected chi connectivity index (χ2v) is 3.35. The van der Waals surface area contributed by atoms with Crippen molar-refractivity contribution in [2.75, 3.05) is 6.54 Å². The number of nitrogens with zero attached hydrogens (tertiary/aromatic N) is 1. The highest BCUT2D eigenvalue weighted by atomic mass is 16.3. The van der Waals surface area contributed by atoms with Gasteiger partial charge in [0.25, 0.3) is 0 Å². The van der Waals surface area contributed by atoms with Crippen LogP contribution in [0.5, 0.6) is 0 Å². The maximum Gasteiger partial charge on any atom is 0.0681 e. The maximum atomic E-state index is 8.87. The van der Waals surface area contributed by atoms with Gasteiger partial charge >= 0.3 is 0 Å². The third kappa shape index (κ3) is 1.78. The average Bonchev–Trinajstić information content (AvgIpc) is 2.71. The van der Waals surface area contributed by atoms with E-state index in [0.29, 0.717) is 5.92 Å². The molecule has 0 fully saturated rings. The van der Waals surface area contributed by atoms with Crippen molar-refractivity contribution in [3.63, 3.8) is 0 Å². The summed E-state index contributed by atoms with van der Waals surface area (Å²) in [7, 11) is 0. The van der Waals surface area contributed by atoms with Gasteiger partial charge in [0.2, 0.25) is 0 Å². The highest BCUT2D eigenvalue weighted by Crippen LogP contribution is 2.21. The lowest BCUT2D eigenvalue weighted by atomic mass is 9.98. The van der Waals surface area contributed by atoms with Crippen LogP contribution in [0, 0.1) is 0 Å². The Hall–Kier alpha value is -1.15. The molecule has 1 aliphatic heterocycles. The van der Waals surface area contributed by atoms with Crippen molar-refractivity contribution in [2.45, 2.75) is 18.9 Å². The lowest BCUT2D eigenvalue weighted by Crippen LogP contribution is -1.96. The van der Waals surface area contributed by atoms with Crippen LogP contribution < -0.4 is 0 Å². The third-order valence-electron chi connectivity index (χ3n) is 2.45. The number of aliphatic imine (C=N–C) groups is 1. The Morgan fingerprint density at radius 3 is 2.62 bits per heavy atom. The zero-order valence-corrected chi connectivity index (χ0v) is 7.48. The summed E-state index contributed by atoms with van der Waals surface area (Å²) >= 11 is 0. The second kappa shape index (κ2) is 3.71. The summed E-state index contributed by atoms with van der Waals surface area (Å²) in [6.07, 6.45) is 3.15. The van der Waals surface area contributed by atoms with Crippen LogP contribution in [0.15, 0.2) is 29.3 Å². The topological polar surface area (TPSA) is 32.6 Å². The fraction of sp³-hybridized carbons (Fsp3) is 0.364. The monoisotopic (exact) mass is 175 g/mol. The van der Waals surface area contributed by atoms with Crippen molar-refractivity contribution < 1.29 is 5.11 Å². The first-order chi connectivity index (χ1) is 6.40. The molecule has 2 heteroatoms. The van der Waals surface area contributed by atoms with E-state index in [1.807, 2.05) is 18.3 Å². The lowest BCUT2D eigenvalue weighted by molar-refractivity contribution is 0.282. The Bertz CT molecular complexity index is 302. The van der Waals surface area contributed by atoms with Crippen molar-refractivity contribution in [1.29, 1.82) is 0 Å². The molecule has 1 aromatic rings. The Morgan fingerprint density at radius 1 is 1.31 bits per heavy atom. The molecule has 0 amide bonds. The van der Waals surface area contributed by atoms with Crippen LogP contribution in [0.2, 0.25) is 0 Å². The van der Waals surface area contributed by atoms with E-state index in [2.05, 4.69) is 17.1 Å². The summed E-state index contributed by atoms with van der Waals surface area (Å²) in [5.74, 6) is 0.493. The van der Waals surface area contributed by atoms with Gasteiger partial charge in [-0.15, -0.1) is 0 Å². The number of aliphatic hydroxyl groups is 1. The molecule has 13 heavy (non-hydrogen) atoms. The van der Waals surface area contributed by atoms with Crippen molar-refractivity contribution in [2.24, 2.45) is 4.99 Å².